The first kappa shape index (κ1) is 13.0. The van der Waals surface area contributed by atoms with Gasteiger partial charge < -0.3 is 4.74 Å². The van der Waals surface area contributed by atoms with Crippen LogP contribution in [0.1, 0.15) is 11.1 Å². The van der Waals surface area contributed by atoms with Crippen molar-refractivity contribution < 1.29 is 4.74 Å². The van der Waals surface area contributed by atoms with E-state index in [2.05, 4.69) is 34.3 Å². The first-order valence-electron chi connectivity index (χ1n) is 6.15. The molecule has 0 aromatic heterocycles. The van der Waals surface area contributed by atoms with Crippen LogP contribution in [-0.2, 0) is 6.42 Å². The number of ether oxygens (including phenoxy) is 1. The van der Waals surface area contributed by atoms with Gasteiger partial charge in [-0.05, 0) is 35.2 Å². The Labute approximate surface area is 112 Å². The summed E-state index contributed by atoms with van der Waals surface area (Å²) in [6, 6.07) is 18.3. The number of nitrogens with zero attached hydrogens (tertiary/aromatic N) is 3. The second kappa shape index (κ2) is 7.09. The molecule has 2 rings (SSSR count). The molecule has 0 heterocycles. The molecule has 2 aromatic carbocycles. The fraction of sp³-hybridized carbons (Fsp3) is 0.200. The van der Waals surface area contributed by atoms with E-state index in [1.807, 2.05) is 30.3 Å². The standard InChI is InChI=1S/C15H15N3O/c16-18-17-10-11-19-15-8-6-14(7-9-15)12-13-4-2-1-3-5-13/h1-9H,10-12H2. The molecular weight excluding hydrogens is 238 g/mol. The lowest BCUT2D eigenvalue weighted by Crippen LogP contribution is -2.00. The molecule has 19 heavy (non-hydrogen) atoms. The van der Waals surface area contributed by atoms with E-state index in [0.717, 1.165) is 12.2 Å². The molecule has 0 spiro atoms. The van der Waals surface area contributed by atoms with Gasteiger partial charge in [-0.3, -0.25) is 0 Å². The maximum Gasteiger partial charge on any atom is 0.119 e. The molecule has 4 heteroatoms. The zero-order valence-corrected chi connectivity index (χ0v) is 10.6. The quantitative estimate of drug-likeness (QED) is 0.332. The number of hydrogen-bond acceptors (Lipinski definition) is 2. The van der Waals surface area contributed by atoms with E-state index in [1.165, 1.54) is 11.1 Å². The van der Waals surface area contributed by atoms with Crippen LogP contribution in [0.15, 0.2) is 59.7 Å². The van der Waals surface area contributed by atoms with E-state index in [0.29, 0.717) is 13.2 Å². The average molecular weight is 253 g/mol. The molecule has 0 unspecified atom stereocenters. The highest BCUT2D eigenvalue weighted by atomic mass is 16.5. The summed E-state index contributed by atoms with van der Waals surface area (Å²) in [5, 5.41) is 3.42. The Kier molecular flexibility index (Phi) is 4.85. The molecule has 0 saturated heterocycles. The molecule has 0 atom stereocenters. The molecule has 0 fully saturated rings. The molecule has 0 aliphatic carbocycles. The van der Waals surface area contributed by atoms with E-state index in [-0.39, 0.29) is 0 Å². The minimum Gasteiger partial charge on any atom is -0.493 e. The van der Waals surface area contributed by atoms with Gasteiger partial charge in [0.25, 0.3) is 0 Å². The van der Waals surface area contributed by atoms with Crippen molar-refractivity contribution in [2.24, 2.45) is 5.11 Å². The largest absolute Gasteiger partial charge is 0.493 e. The van der Waals surface area contributed by atoms with Gasteiger partial charge >= 0.3 is 0 Å². The van der Waals surface area contributed by atoms with E-state index < -0.39 is 0 Å². The highest BCUT2D eigenvalue weighted by Crippen LogP contribution is 2.15. The van der Waals surface area contributed by atoms with Crippen LogP contribution in [-0.4, -0.2) is 13.2 Å². The summed E-state index contributed by atoms with van der Waals surface area (Å²) in [5.41, 5.74) is 10.7. The van der Waals surface area contributed by atoms with Gasteiger partial charge in [0, 0.05) is 4.91 Å². The highest BCUT2D eigenvalue weighted by Gasteiger charge is 1.97. The molecule has 0 aliphatic rings. The van der Waals surface area contributed by atoms with Gasteiger partial charge in [-0.15, -0.1) is 0 Å². The lowest BCUT2D eigenvalue weighted by molar-refractivity contribution is 0.328. The summed E-state index contributed by atoms with van der Waals surface area (Å²) in [6.07, 6.45) is 0.917. The number of azide groups is 1. The van der Waals surface area contributed by atoms with Crippen LogP contribution in [0.25, 0.3) is 10.4 Å². The van der Waals surface area contributed by atoms with Crippen LogP contribution in [0.5, 0.6) is 5.75 Å². The van der Waals surface area contributed by atoms with Crippen molar-refractivity contribution in [2.75, 3.05) is 13.2 Å². The summed E-state index contributed by atoms with van der Waals surface area (Å²) < 4.78 is 5.45. The van der Waals surface area contributed by atoms with E-state index in [1.54, 1.807) is 0 Å². The van der Waals surface area contributed by atoms with Gasteiger partial charge in [-0.2, -0.15) is 0 Å². The van der Waals surface area contributed by atoms with Gasteiger partial charge in [0.05, 0.1) is 13.2 Å². The van der Waals surface area contributed by atoms with Crippen molar-refractivity contribution in [3.63, 3.8) is 0 Å². The van der Waals surface area contributed by atoms with Crippen LogP contribution in [0.4, 0.5) is 0 Å². The van der Waals surface area contributed by atoms with Gasteiger partial charge in [-0.25, -0.2) is 0 Å². The molecule has 4 nitrogen and oxygen atoms in total. The van der Waals surface area contributed by atoms with Crippen molar-refractivity contribution in [2.45, 2.75) is 6.42 Å². The smallest absolute Gasteiger partial charge is 0.119 e. The molecule has 0 bridgehead atoms. The summed E-state index contributed by atoms with van der Waals surface area (Å²) in [6.45, 7) is 0.754. The molecule has 0 radical (unpaired) electrons. The van der Waals surface area contributed by atoms with Crippen LogP contribution >= 0.6 is 0 Å². The molecule has 2 aromatic rings. The predicted molar refractivity (Wildman–Crippen MR) is 75.2 cm³/mol. The summed E-state index contributed by atoms with van der Waals surface area (Å²) in [4.78, 5) is 2.67. The van der Waals surface area contributed by atoms with Crippen LogP contribution < -0.4 is 4.74 Å². The Morgan fingerprint density at radius 2 is 1.63 bits per heavy atom. The van der Waals surface area contributed by atoms with E-state index in [4.69, 9.17) is 10.3 Å². The first-order chi connectivity index (χ1) is 9.38. The molecule has 0 N–H and O–H groups in total. The fourth-order valence-corrected chi connectivity index (χ4v) is 1.78. The van der Waals surface area contributed by atoms with Gasteiger partial charge in [0.1, 0.15) is 5.75 Å². The van der Waals surface area contributed by atoms with Crippen molar-refractivity contribution in [1.82, 2.24) is 0 Å². The van der Waals surface area contributed by atoms with Gasteiger partial charge in [-0.1, -0.05) is 47.6 Å². The van der Waals surface area contributed by atoms with E-state index in [9.17, 15) is 0 Å². The van der Waals surface area contributed by atoms with Crippen LogP contribution in [0.3, 0.4) is 0 Å². The summed E-state index contributed by atoms with van der Waals surface area (Å²) in [5.74, 6) is 0.796. The Hall–Kier alpha value is -2.45. The topological polar surface area (TPSA) is 58.0 Å². The van der Waals surface area contributed by atoms with Crippen molar-refractivity contribution in [1.29, 1.82) is 0 Å². The zero-order valence-electron chi connectivity index (χ0n) is 10.6. The third-order valence-electron chi connectivity index (χ3n) is 2.70. The summed E-state index contributed by atoms with van der Waals surface area (Å²) in [7, 11) is 0. The molecule has 0 saturated carbocycles. The predicted octanol–water partition coefficient (Wildman–Crippen LogP) is 3.97. The van der Waals surface area contributed by atoms with Crippen LogP contribution in [0.2, 0.25) is 0 Å². The SMILES string of the molecule is [N-]=[N+]=NCCOc1ccc(Cc2ccccc2)cc1. The third-order valence-corrected chi connectivity index (χ3v) is 2.70. The van der Waals surface area contributed by atoms with Crippen LogP contribution in [0, 0.1) is 0 Å². The first-order valence-corrected chi connectivity index (χ1v) is 6.15. The Bertz CT molecular complexity index is 545. The second-order valence-corrected chi connectivity index (χ2v) is 4.11. The lowest BCUT2D eigenvalue weighted by atomic mass is 10.1. The Morgan fingerprint density at radius 1 is 0.947 bits per heavy atom. The van der Waals surface area contributed by atoms with Gasteiger partial charge in [0.2, 0.25) is 0 Å². The molecule has 0 aliphatic heterocycles. The Morgan fingerprint density at radius 3 is 2.32 bits per heavy atom. The minimum absolute atomic E-state index is 0.349. The van der Waals surface area contributed by atoms with Crippen molar-refractivity contribution in [3.05, 3.63) is 76.2 Å². The normalized spacial score (nSPS) is 9.68. The zero-order chi connectivity index (χ0) is 13.3. The number of hydrogen-bond donors (Lipinski definition) is 0. The maximum atomic E-state index is 8.14. The Balaban J connectivity index is 1.89. The fourth-order valence-electron chi connectivity index (χ4n) is 1.78. The molecule has 96 valence electrons. The number of benzene rings is 2. The average Bonchev–Trinajstić information content (AvgIpc) is 2.46. The molecular formula is C15H15N3O. The minimum atomic E-state index is 0.349. The maximum absolute atomic E-state index is 8.14. The lowest BCUT2D eigenvalue weighted by Gasteiger charge is -2.06. The third kappa shape index (κ3) is 4.37. The highest BCUT2D eigenvalue weighted by molar-refractivity contribution is 5.31. The number of rotatable bonds is 6. The second-order valence-electron chi connectivity index (χ2n) is 4.11. The van der Waals surface area contributed by atoms with Crippen molar-refractivity contribution in [3.8, 4) is 5.75 Å². The van der Waals surface area contributed by atoms with Crippen molar-refractivity contribution >= 4 is 0 Å². The van der Waals surface area contributed by atoms with Gasteiger partial charge in [0.15, 0.2) is 0 Å². The molecule has 0 amide bonds. The van der Waals surface area contributed by atoms with E-state index >= 15 is 0 Å². The summed E-state index contributed by atoms with van der Waals surface area (Å²) >= 11 is 0. The monoisotopic (exact) mass is 253 g/mol.